The lowest BCUT2D eigenvalue weighted by Crippen LogP contribution is -2.28. The van der Waals surface area contributed by atoms with Gasteiger partial charge in [-0.3, -0.25) is 4.79 Å². The highest BCUT2D eigenvalue weighted by Crippen LogP contribution is 2.22. The first kappa shape index (κ1) is 15.7. The van der Waals surface area contributed by atoms with Crippen LogP contribution in [-0.4, -0.2) is 26.1 Å². The summed E-state index contributed by atoms with van der Waals surface area (Å²) in [4.78, 5) is 11.5. The van der Waals surface area contributed by atoms with E-state index in [2.05, 4.69) is 17.6 Å². The summed E-state index contributed by atoms with van der Waals surface area (Å²) in [5.74, 6) is 0.615. The zero-order chi connectivity index (χ0) is 11.8. The number of carbonyl (C=O) groups excluding carboxylic acids is 1. The molecule has 1 rings (SSSR count). The molecule has 0 atom stereocenters. The third-order valence-corrected chi connectivity index (χ3v) is 2.09. The number of benzene rings is 1. The molecular weight excluding hydrogens is 240 g/mol. The predicted octanol–water partition coefficient (Wildman–Crippen LogP) is 2.06. The molecule has 96 valence electrons. The van der Waals surface area contributed by atoms with Gasteiger partial charge in [0, 0.05) is 0 Å². The van der Waals surface area contributed by atoms with Gasteiger partial charge in [0.1, 0.15) is 5.75 Å². The van der Waals surface area contributed by atoms with Crippen LogP contribution in [0.25, 0.3) is 0 Å². The van der Waals surface area contributed by atoms with E-state index in [1.807, 2.05) is 24.3 Å². The number of ether oxygens (including phenoxy) is 1. The Morgan fingerprint density at radius 1 is 1.35 bits per heavy atom. The Morgan fingerprint density at radius 2 is 2.06 bits per heavy atom. The zero-order valence-electron chi connectivity index (χ0n) is 10.2. The van der Waals surface area contributed by atoms with Crippen molar-refractivity contribution in [3.8, 4) is 5.75 Å². The smallest absolute Gasteiger partial charge is 0.238 e. The van der Waals surface area contributed by atoms with Crippen molar-refractivity contribution in [2.24, 2.45) is 0 Å². The summed E-state index contributed by atoms with van der Waals surface area (Å²) in [6.07, 6.45) is 1.02. The van der Waals surface area contributed by atoms with Crippen molar-refractivity contribution >= 4 is 24.0 Å². The highest BCUT2D eigenvalue weighted by atomic mass is 35.5. The van der Waals surface area contributed by atoms with Gasteiger partial charge in [0.25, 0.3) is 0 Å². The van der Waals surface area contributed by atoms with Gasteiger partial charge in [-0.25, -0.2) is 0 Å². The highest BCUT2D eigenvalue weighted by molar-refractivity contribution is 5.93. The van der Waals surface area contributed by atoms with Crippen LogP contribution in [0.15, 0.2) is 24.3 Å². The first-order chi connectivity index (χ1) is 7.77. The van der Waals surface area contributed by atoms with Gasteiger partial charge in [0.15, 0.2) is 0 Å². The van der Waals surface area contributed by atoms with Crippen molar-refractivity contribution in [2.75, 3.05) is 25.5 Å². The topological polar surface area (TPSA) is 50.4 Å². The summed E-state index contributed by atoms with van der Waals surface area (Å²) in [6.45, 7) is 3.23. The van der Waals surface area contributed by atoms with Crippen LogP contribution >= 0.6 is 12.4 Å². The quantitative estimate of drug-likeness (QED) is 0.768. The largest absolute Gasteiger partial charge is 0.495 e. The molecule has 0 radical (unpaired) electrons. The Labute approximate surface area is 108 Å². The summed E-state index contributed by atoms with van der Waals surface area (Å²) < 4.78 is 5.14. The minimum atomic E-state index is -0.0575. The number of rotatable bonds is 6. The van der Waals surface area contributed by atoms with E-state index in [0.717, 1.165) is 13.0 Å². The van der Waals surface area contributed by atoms with E-state index in [4.69, 9.17) is 4.74 Å². The van der Waals surface area contributed by atoms with E-state index in [0.29, 0.717) is 18.0 Å². The average molecular weight is 259 g/mol. The standard InChI is InChI=1S/C12H18N2O2.ClH/c1-3-8-13-9-12(15)14-10-6-4-5-7-11(10)16-2;/h4-7,13H,3,8-9H2,1-2H3,(H,14,15);1H. The minimum absolute atomic E-state index is 0. The molecular formula is C12H19ClN2O2. The minimum Gasteiger partial charge on any atom is -0.495 e. The van der Waals surface area contributed by atoms with Crippen molar-refractivity contribution in [1.29, 1.82) is 0 Å². The van der Waals surface area contributed by atoms with Gasteiger partial charge in [0.2, 0.25) is 5.91 Å². The zero-order valence-corrected chi connectivity index (χ0v) is 11.0. The van der Waals surface area contributed by atoms with E-state index in [1.54, 1.807) is 7.11 Å². The lowest BCUT2D eigenvalue weighted by Gasteiger charge is -2.09. The van der Waals surface area contributed by atoms with Gasteiger partial charge in [-0.1, -0.05) is 19.1 Å². The number of halogens is 1. The second-order valence-electron chi connectivity index (χ2n) is 3.43. The Kier molecular flexibility index (Phi) is 8.19. The van der Waals surface area contributed by atoms with Crippen LogP contribution < -0.4 is 15.4 Å². The van der Waals surface area contributed by atoms with Crippen molar-refractivity contribution in [3.63, 3.8) is 0 Å². The fourth-order valence-corrected chi connectivity index (χ4v) is 1.32. The molecule has 0 aliphatic carbocycles. The molecule has 0 saturated heterocycles. The van der Waals surface area contributed by atoms with Crippen LogP contribution in [0.3, 0.4) is 0 Å². The lowest BCUT2D eigenvalue weighted by atomic mass is 10.3. The maximum absolute atomic E-state index is 11.5. The van der Waals surface area contributed by atoms with E-state index in [9.17, 15) is 4.79 Å². The molecule has 0 aliphatic rings. The highest BCUT2D eigenvalue weighted by Gasteiger charge is 2.05. The van der Waals surface area contributed by atoms with Gasteiger partial charge in [-0.15, -0.1) is 12.4 Å². The Balaban J connectivity index is 0.00000256. The van der Waals surface area contributed by atoms with Crippen molar-refractivity contribution < 1.29 is 9.53 Å². The maximum Gasteiger partial charge on any atom is 0.238 e. The summed E-state index contributed by atoms with van der Waals surface area (Å²) in [6, 6.07) is 7.35. The monoisotopic (exact) mass is 258 g/mol. The molecule has 4 nitrogen and oxygen atoms in total. The molecule has 0 spiro atoms. The fraction of sp³-hybridized carbons (Fsp3) is 0.417. The van der Waals surface area contributed by atoms with E-state index in [-0.39, 0.29) is 18.3 Å². The van der Waals surface area contributed by atoms with Gasteiger partial charge in [0.05, 0.1) is 19.3 Å². The molecule has 0 aromatic heterocycles. The van der Waals surface area contributed by atoms with Crippen LogP contribution in [0.4, 0.5) is 5.69 Å². The molecule has 0 aliphatic heterocycles. The van der Waals surface area contributed by atoms with E-state index < -0.39 is 0 Å². The molecule has 2 N–H and O–H groups in total. The molecule has 0 unspecified atom stereocenters. The van der Waals surface area contributed by atoms with Gasteiger partial charge in [-0.05, 0) is 25.1 Å². The van der Waals surface area contributed by atoms with Crippen molar-refractivity contribution in [2.45, 2.75) is 13.3 Å². The Bertz CT molecular complexity index is 345. The summed E-state index contributed by atoms with van der Waals surface area (Å²) >= 11 is 0. The van der Waals surface area contributed by atoms with Gasteiger partial charge in [-0.2, -0.15) is 0 Å². The van der Waals surface area contributed by atoms with Crippen LogP contribution in [0, 0.1) is 0 Å². The molecule has 1 aromatic carbocycles. The number of methoxy groups -OCH3 is 1. The first-order valence-corrected chi connectivity index (χ1v) is 5.41. The first-order valence-electron chi connectivity index (χ1n) is 5.41. The normalized spacial score (nSPS) is 9.29. The third-order valence-electron chi connectivity index (χ3n) is 2.09. The molecule has 1 aromatic rings. The van der Waals surface area contributed by atoms with E-state index >= 15 is 0 Å². The molecule has 5 heteroatoms. The maximum atomic E-state index is 11.5. The number of anilines is 1. The van der Waals surface area contributed by atoms with Gasteiger partial charge < -0.3 is 15.4 Å². The Morgan fingerprint density at radius 3 is 2.71 bits per heavy atom. The van der Waals surface area contributed by atoms with Crippen molar-refractivity contribution in [1.82, 2.24) is 5.32 Å². The predicted molar refractivity (Wildman–Crippen MR) is 72.0 cm³/mol. The number of nitrogens with one attached hydrogen (secondary N) is 2. The average Bonchev–Trinajstić information content (AvgIpc) is 2.30. The fourth-order valence-electron chi connectivity index (χ4n) is 1.32. The molecule has 0 bridgehead atoms. The Hall–Kier alpha value is -1.26. The second kappa shape index (κ2) is 8.84. The van der Waals surface area contributed by atoms with Crippen molar-refractivity contribution in [3.05, 3.63) is 24.3 Å². The van der Waals surface area contributed by atoms with Crippen LogP contribution in [-0.2, 0) is 4.79 Å². The number of hydrogen-bond acceptors (Lipinski definition) is 3. The lowest BCUT2D eigenvalue weighted by molar-refractivity contribution is -0.115. The molecule has 17 heavy (non-hydrogen) atoms. The second-order valence-corrected chi connectivity index (χ2v) is 3.43. The summed E-state index contributed by atoms with van der Waals surface area (Å²) in [5, 5.41) is 5.83. The number of para-hydroxylation sites is 2. The van der Waals surface area contributed by atoms with E-state index in [1.165, 1.54) is 0 Å². The van der Waals surface area contributed by atoms with Crippen LogP contribution in [0.2, 0.25) is 0 Å². The molecule has 1 amide bonds. The van der Waals surface area contributed by atoms with Gasteiger partial charge >= 0.3 is 0 Å². The van der Waals surface area contributed by atoms with Crippen LogP contribution in [0.1, 0.15) is 13.3 Å². The number of carbonyl (C=O) groups is 1. The molecule has 0 heterocycles. The van der Waals surface area contributed by atoms with Crippen LogP contribution in [0.5, 0.6) is 5.75 Å². The molecule has 0 fully saturated rings. The third kappa shape index (κ3) is 5.56. The number of hydrogen-bond donors (Lipinski definition) is 2. The summed E-state index contributed by atoms with van der Waals surface area (Å²) in [5.41, 5.74) is 0.702. The number of amides is 1. The SMILES string of the molecule is CCCNCC(=O)Nc1ccccc1OC.Cl. The summed E-state index contributed by atoms with van der Waals surface area (Å²) in [7, 11) is 1.58. The molecule has 0 saturated carbocycles.